The van der Waals surface area contributed by atoms with Crippen LogP contribution in [0.15, 0.2) is 59.7 Å². The lowest BCUT2D eigenvalue weighted by molar-refractivity contribution is -0.140. The summed E-state index contributed by atoms with van der Waals surface area (Å²) < 4.78 is 6.75. The summed E-state index contributed by atoms with van der Waals surface area (Å²) in [5.74, 6) is 0.183. The number of carbonyl (C=O) groups excluding carboxylic acids is 2. The fourth-order valence-electron chi connectivity index (χ4n) is 4.75. The van der Waals surface area contributed by atoms with Gasteiger partial charge in [-0.25, -0.2) is 0 Å². The Morgan fingerprint density at radius 1 is 1.13 bits per heavy atom. The summed E-state index contributed by atoms with van der Waals surface area (Å²) in [6.07, 6.45) is 6.59. The normalized spacial score (nSPS) is 26.0. The molecular formula is C24H18IN3O3. The average Bonchev–Trinajstić information content (AvgIpc) is 3.46. The maximum atomic E-state index is 12.7. The largest absolute Gasteiger partial charge is 0.488 e. The molecule has 3 aliphatic rings. The zero-order valence-corrected chi connectivity index (χ0v) is 18.6. The molecule has 2 aromatic carbocycles. The van der Waals surface area contributed by atoms with Crippen molar-refractivity contribution in [2.45, 2.75) is 13.0 Å². The number of hydrogen-bond donors (Lipinski definition) is 0. The van der Waals surface area contributed by atoms with Crippen LogP contribution >= 0.6 is 22.6 Å². The minimum atomic E-state index is -0.244. The summed E-state index contributed by atoms with van der Waals surface area (Å²) in [4.78, 5) is 25.4. The summed E-state index contributed by atoms with van der Waals surface area (Å²) >= 11 is 2.17. The van der Waals surface area contributed by atoms with E-state index in [0.29, 0.717) is 17.9 Å². The van der Waals surface area contributed by atoms with Crippen molar-refractivity contribution >= 4 is 40.6 Å². The number of rotatable bonds is 5. The molecule has 31 heavy (non-hydrogen) atoms. The predicted octanol–water partition coefficient (Wildman–Crippen LogP) is 3.88. The van der Waals surface area contributed by atoms with E-state index >= 15 is 0 Å². The van der Waals surface area contributed by atoms with Gasteiger partial charge < -0.3 is 4.74 Å². The van der Waals surface area contributed by atoms with E-state index < -0.39 is 0 Å². The molecule has 0 N–H and O–H groups in total. The summed E-state index contributed by atoms with van der Waals surface area (Å²) in [5.41, 5.74) is 2.19. The van der Waals surface area contributed by atoms with Gasteiger partial charge in [0.05, 0.1) is 33.3 Å². The number of imide groups is 1. The molecule has 1 aliphatic heterocycles. The van der Waals surface area contributed by atoms with Crippen molar-refractivity contribution in [3.8, 4) is 11.8 Å². The lowest BCUT2D eigenvalue weighted by Gasteiger charge is -2.13. The monoisotopic (exact) mass is 523 g/mol. The van der Waals surface area contributed by atoms with Gasteiger partial charge >= 0.3 is 0 Å². The van der Waals surface area contributed by atoms with Gasteiger partial charge in [-0.05, 0) is 70.7 Å². The highest BCUT2D eigenvalue weighted by Gasteiger charge is 2.59. The van der Waals surface area contributed by atoms with Crippen LogP contribution in [-0.2, 0) is 16.2 Å². The molecule has 0 spiro atoms. The van der Waals surface area contributed by atoms with Crippen LogP contribution in [0, 0.1) is 38.6 Å². The molecule has 1 saturated heterocycles. The number of amides is 2. The van der Waals surface area contributed by atoms with E-state index in [0.717, 1.165) is 26.1 Å². The second-order valence-corrected chi connectivity index (χ2v) is 9.14. The highest BCUT2D eigenvalue weighted by Crippen LogP contribution is 2.52. The average molecular weight is 523 g/mol. The molecule has 6 nitrogen and oxygen atoms in total. The number of fused-ring (bicyclic) bond motifs is 5. The number of hydrazone groups is 1. The Morgan fingerprint density at radius 3 is 2.52 bits per heavy atom. The number of halogens is 1. The lowest BCUT2D eigenvalue weighted by atomic mass is 9.85. The molecule has 154 valence electrons. The number of allylic oxidation sites excluding steroid dienone is 2. The molecule has 1 saturated carbocycles. The Hall–Kier alpha value is -2.99. The Kier molecular flexibility index (Phi) is 5.10. The number of benzene rings is 2. The van der Waals surface area contributed by atoms with Crippen LogP contribution in [0.1, 0.15) is 23.1 Å². The van der Waals surface area contributed by atoms with Gasteiger partial charge in [-0.3, -0.25) is 9.59 Å². The quantitative estimate of drug-likeness (QED) is 0.258. The summed E-state index contributed by atoms with van der Waals surface area (Å²) in [5, 5.41) is 14.5. The summed E-state index contributed by atoms with van der Waals surface area (Å²) in [6, 6.07) is 15.0. The number of carbonyl (C=O) groups is 2. The van der Waals surface area contributed by atoms with E-state index in [2.05, 4.69) is 45.9 Å². The molecular weight excluding hydrogens is 505 g/mol. The van der Waals surface area contributed by atoms with Gasteiger partial charge in [0.15, 0.2) is 0 Å². The van der Waals surface area contributed by atoms with Gasteiger partial charge in [0.2, 0.25) is 0 Å². The SMILES string of the molecule is N#Cc1ccccc1COc1ccc(C=NN2C(=O)[C@@H]3[C@H](C2=O)[C@H]2C=C[C@H]3C2)cc1I. The molecule has 2 fully saturated rings. The second kappa shape index (κ2) is 7.93. The third-order valence-electron chi connectivity index (χ3n) is 6.25. The van der Waals surface area contributed by atoms with Crippen LogP contribution in [0.4, 0.5) is 0 Å². The van der Waals surface area contributed by atoms with Crippen LogP contribution in [0.25, 0.3) is 0 Å². The number of nitriles is 1. The van der Waals surface area contributed by atoms with Crippen molar-refractivity contribution < 1.29 is 14.3 Å². The topological polar surface area (TPSA) is 82.8 Å². The molecule has 2 aromatic rings. The molecule has 5 rings (SSSR count). The van der Waals surface area contributed by atoms with Crippen molar-refractivity contribution in [1.82, 2.24) is 5.01 Å². The zero-order valence-electron chi connectivity index (χ0n) is 16.4. The summed E-state index contributed by atoms with van der Waals surface area (Å²) in [6.45, 7) is 0.295. The first-order valence-electron chi connectivity index (χ1n) is 10.1. The van der Waals surface area contributed by atoms with E-state index in [-0.39, 0.29) is 35.5 Å². The van der Waals surface area contributed by atoms with Crippen molar-refractivity contribution in [2.75, 3.05) is 0 Å². The third-order valence-corrected chi connectivity index (χ3v) is 7.09. The van der Waals surface area contributed by atoms with Crippen molar-refractivity contribution in [3.63, 3.8) is 0 Å². The molecule has 2 aliphatic carbocycles. The van der Waals surface area contributed by atoms with Gasteiger partial charge in [0.1, 0.15) is 12.4 Å². The molecule has 7 heteroatoms. The van der Waals surface area contributed by atoms with Crippen LogP contribution in [-0.4, -0.2) is 23.0 Å². The number of hydrogen-bond acceptors (Lipinski definition) is 5. The lowest BCUT2D eigenvalue weighted by Crippen LogP contribution is -2.28. The molecule has 0 aromatic heterocycles. The van der Waals surface area contributed by atoms with E-state index in [4.69, 9.17) is 4.74 Å². The van der Waals surface area contributed by atoms with E-state index in [9.17, 15) is 14.9 Å². The van der Waals surface area contributed by atoms with Crippen molar-refractivity contribution in [1.29, 1.82) is 5.26 Å². The molecule has 4 atom stereocenters. The maximum Gasteiger partial charge on any atom is 0.254 e. The predicted molar refractivity (Wildman–Crippen MR) is 122 cm³/mol. The Bertz CT molecular complexity index is 1150. The first kappa shape index (κ1) is 19.9. The van der Waals surface area contributed by atoms with E-state index in [1.807, 2.05) is 36.4 Å². The van der Waals surface area contributed by atoms with Crippen LogP contribution in [0.2, 0.25) is 0 Å². The van der Waals surface area contributed by atoms with Crippen LogP contribution in [0.3, 0.4) is 0 Å². The summed E-state index contributed by atoms with van der Waals surface area (Å²) in [7, 11) is 0. The third kappa shape index (κ3) is 3.45. The smallest absolute Gasteiger partial charge is 0.254 e. The fraction of sp³-hybridized carbons (Fsp3) is 0.250. The van der Waals surface area contributed by atoms with Crippen molar-refractivity contribution in [3.05, 3.63) is 74.9 Å². The van der Waals surface area contributed by atoms with Crippen LogP contribution < -0.4 is 4.74 Å². The van der Waals surface area contributed by atoms with Crippen LogP contribution in [0.5, 0.6) is 5.75 Å². The van der Waals surface area contributed by atoms with Gasteiger partial charge in [-0.1, -0.05) is 30.4 Å². The maximum absolute atomic E-state index is 12.7. The van der Waals surface area contributed by atoms with Gasteiger partial charge in [0.25, 0.3) is 11.8 Å². The Balaban J connectivity index is 1.27. The molecule has 0 radical (unpaired) electrons. The van der Waals surface area contributed by atoms with E-state index in [1.165, 1.54) is 0 Å². The Labute approximate surface area is 193 Å². The number of ether oxygens (including phenoxy) is 1. The van der Waals surface area contributed by atoms with Crippen molar-refractivity contribution in [2.24, 2.45) is 28.8 Å². The van der Waals surface area contributed by atoms with Gasteiger partial charge in [-0.15, -0.1) is 0 Å². The highest BCUT2D eigenvalue weighted by molar-refractivity contribution is 14.1. The molecule has 1 heterocycles. The standard InChI is InChI=1S/C24H18IN3O3/c25-19-9-14(5-8-20(19)31-13-18-4-2-1-3-17(18)11-26)12-27-28-23(29)21-15-6-7-16(10-15)22(21)24(28)30/h1-9,12,15-16,21-22H,10,13H2/t15-,16-,21-,22+/m0/s1. The first-order chi connectivity index (χ1) is 15.1. The molecule has 2 amide bonds. The molecule has 2 bridgehead atoms. The van der Waals surface area contributed by atoms with E-state index in [1.54, 1.807) is 12.3 Å². The first-order valence-corrected chi connectivity index (χ1v) is 11.1. The second-order valence-electron chi connectivity index (χ2n) is 7.98. The minimum absolute atomic E-state index is 0.176. The van der Waals surface area contributed by atoms with Gasteiger partial charge in [-0.2, -0.15) is 15.4 Å². The van der Waals surface area contributed by atoms with Gasteiger partial charge in [0, 0.05) is 5.56 Å². The minimum Gasteiger partial charge on any atom is -0.488 e. The number of nitrogens with zero attached hydrogens (tertiary/aromatic N) is 3. The molecule has 0 unspecified atom stereocenters. The zero-order chi connectivity index (χ0) is 21.5. The fourth-order valence-corrected chi connectivity index (χ4v) is 5.45. The highest BCUT2D eigenvalue weighted by atomic mass is 127. The Morgan fingerprint density at radius 2 is 1.84 bits per heavy atom.